The van der Waals surface area contributed by atoms with E-state index in [0.717, 1.165) is 70.6 Å². The van der Waals surface area contributed by atoms with Gasteiger partial charge in [0.2, 0.25) is 5.91 Å². The number of aliphatic hydroxyl groups excluding tert-OH is 5. The highest BCUT2D eigenvalue weighted by Crippen LogP contribution is 2.27. The van der Waals surface area contributed by atoms with Gasteiger partial charge in [-0.1, -0.05) is 351 Å². The summed E-state index contributed by atoms with van der Waals surface area (Å²) in [6.07, 6.45) is 79.9. The molecule has 0 bridgehead atoms. The Morgan fingerprint density at radius 3 is 1.12 bits per heavy atom. The van der Waals surface area contributed by atoms with Crippen LogP contribution in [0.3, 0.4) is 0 Å². The lowest BCUT2D eigenvalue weighted by atomic mass is 9.99. The topological polar surface area (TPSA) is 175 Å². The van der Waals surface area contributed by atoms with E-state index in [2.05, 4.69) is 74.7 Å². The second-order valence-electron chi connectivity index (χ2n) is 27.8. The summed E-state index contributed by atoms with van der Waals surface area (Å²) in [5.74, 6) is -1.18. The summed E-state index contributed by atoms with van der Waals surface area (Å²) in [5, 5.41) is 57.5. The number of carbonyl (C=O) groups is 2. The second-order valence-corrected chi connectivity index (χ2v) is 27.8. The van der Waals surface area contributed by atoms with Crippen LogP contribution in [0.4, 0.5) is 0 Å². The molecule has 1 amide bonds. The molecule has 0 radical (unpaired) electrons. The Balaban J connectivity index is 2.50. The number of nitrogens with one attached hydrogen (secondary N) is 1. The van der Waals surface area contributed by atoms with E-state index in [-0.39, 0.29) is 13.0 Å². The molecule has 93 heavy (non-hydrogen) atoms. The van der Waals surface area contributed by atoms with Crippen molar-refractivity contribution in [1.82, 2.24) is 5.32 Å². The summed E-state index contributed by atoms with van der Waals surface area (Å²) in [6.45, 7) is 5.81. The van der Waals surface area contributed by atoms with E-state index in [4.69, 9.17) is 14.2 Å². The fourth-order valence-electron chi connectivity index (χ4n) is 12.6. The molecule has 1 aliphatic rings. The van der Waals surface area contributed by atoms with E-state index < -0.39 is 67.4 Å². The summed E-state index contributed by atoms with van der Waals surface area (Å²) < 4.78 is 17.8. The minimum atomic E-state index is -1.61. The Morgan fingerprint density at radius 2 is 0.742 bits per heavy atom. The van der Waals surface area contributed by atoms with Crippen LogP contribution >= 0.6 is 0 Å². The van der Waals surface area contributed by atoms with Gasteiger partial charge in [0.15, 0.2) is 12.4 Å². The molecule has 0 saturated carbocycles. The maximum atomic E-state index is 13.5. The number of allylic oxidation sites excluding steroid dienone is 9. The van der Waals surface area contributed by atoms with Gasteiger partial charge in [0, 0.05) is 6.42 Å². The molecule has 1 heterocycles. The van der Waals surface area contributed by atoms with Gasteiger partial charge >= 0.3 is 5.97 Å². The van der Waals surface area contributed by atoms with Crippen molar-refractivity contribution in [1.29, 1.82) is 0 Å². The van der Waals surface area contributed by atoms with Gasteiger partial charge in [-0.3, -0.25) is 9.59 Å². The predicted molar refractivity (Wildman–Crippen MR) is 393 cm³/mol. The standard InChI is InChI=1S/C82H151NO10/c1-4-7-10-13-16-19-22-25-27-29-31-33-35-37-39-40-42-44-46-48-51-54-57-60-63-66-69-75(86)81(90)83-73(74(85)68-65-62-59-56-53-50-24-21-18-15-12-9-6-3)72-91-82-80(79(89)78(88)76(71-84)92-82)93-77(87)70-67-64-61-58-55-52-49-47-45-43-41-38-36-34-32-30-28-26-23-20-17-14-11-8-5-2/h16-17,19-20,25-28,65,68,73-76,78-80,82,84-86,88-89H,4-15,18,21-24,29-64,66-67,69-72H2,1-3H3,(H,83,90)/b19-16-,20-17-,27-25-,28-26-,68-65+. The average Bonchev–Trinajstić information content (AvgIpc) is 0.910. The van der Waals surface area contributed by atoms with Crippen LogP contribution in [0, 0.1) is 0 Å². The summed E-state index contributed by atoms with van der Waals surface area (Å²) in [4.78, 5) is 26.8. The van der Waals surface area contributed by atoms with E-state index in [1.165, 1.54) is 270 Å². The van der Waals surface area contributed by atoms with Gasteiger partial charge in [-0.15, -0.1) is 0 Å². The Kier molecular flexibility index (Phi) is 65.8. The largest absolute Gasteiger partial charge is 0.454 e. The van der Waals surface area contributed by atoms with Crippen molar-refractivity contribution in [3.63, 3.8) is 0 Å². The van der Waals surface area contributed by atoms with E-state index in [1.54, 1.807) is 6.08 Å². The first-order valence-electron chi connectivity index (χ1n) is 40.1. The monoisotopic (exact) mass is 1310 g/mol. The van der Waals surface area contributed by atoms with Gasteiger partial charge in [-0.25, -0.2) is 0 Å². The van der Waals surface area contributed by atoms with Crippen molar-refractivity contribution < 1.29 is 49.3 Å². The van der Waals surface area contributed by atoms with Crippen molar-refractivity contribution in [2.45, 2.75) is 436 Å². The Morgan fingerprint density at radius 1 is 0.419 bits per heavy atom. The van der Waals surface area contributed by atoms with Crippen LogP contribution in [-0.2, 0) is 23.8 Å². The molecular formula is C82H151NO10. The molecule has 544 valence electrons. The van der Waals surface area contributed by atoms with Gasteiger partial charge in [0.25, 0.3) is 0 Å². The third-order valence-corrected chi connectivity index (χ3v) is 18.9. The lowest BCUT2D eigenvalue weighted by Gasteiger charge is -2.41. The van der Waals surface area contributed by atoms with E-state index >= 15 is 0 Å². The second kappa shape index (κ2) is 69.3. The Labute approximate surface area is 573 Å². The molecule has 0 spiro atoms. The molecule has 11 nitrogen and oxygen atoms in total. The Bertz CT molecular complexity index is 1750. The van der Waals surface area contributed by atoms with Crippen molar-refractivity contribution in [2.75, 3.05) is 13.2 Å². The van der Waals surface area contributed by atoms with Crippen LogP contribution in [0.2, 0.25) is 0 Å². The number of hydrogen-bond acceptors (Lipinski definition) is 10. The highest BCUT2D eigenvalue weighted by molar-refractivity contribution is 5.80. The summed E-state index contributed by atoms with van der Waals surface area (Å²) in [7, 11) is 0. The zero-order chi connectivity index (χ0) is 67.4. The minimum Gasteiger partial charge on any atom is -0.454 e. The number of ether oxygens (including phenoxy) is 3. The molecule has 1 saturated heterocycles. The van der Waals surface area contributed by atoms with Crippen molar-refractivity contribution in [3.8, 4) is 0 Å². The Hall–Kier alpha value is -2.64. The number of unbranched alkanes of at least 4 members (excludes halogenated alkanes) is 48. The molecule has 0 aromatic carbocycles. The number of esters is 1. The number of hydrogen-bond donors (Lipinski definition) is 6. The van der Waals surface area contributed by atoms with Crippen molar-refractivity contribution in [3.05, 3.63) is 60.8 Å². The van der Waals surface area contributed by atoms with Crippen LogP contribution < -0.4 is 5.32 Å². The molecule has 1 aliphatic heterocycles. The minimum absolute atomic E-state index is 0.126. The lowest BCUT2D eigenvalue weighted by Crippen LogP contribution is -2.61. The molecule has 6 N–H and O–H groups in total. The van der Waals surface area contributed by atoms with Crippen LogP contribution in [0.25, 0.3) is 0 Å². The maximum Gasteiger partial charge on any atom is 0.306 e. The smallest absolute Gasteiger partial charge is 0.306 e. The summed E-state index contributed by atoms with van der Waals surface area (Å²) in [5.41, 5.74) is 0. The zero-order valence-corrected chi connectivity index (χ0v) is 60.9. The predicted octanol–water partition coefficient (Wildman–Crippen LogP) is 21.6. The van der Waals surface area contributed by atoms with E-state index in [1.807, 2.05) is 6.08 Å². The highest BCUT2D eigenvalue weighted by atomic mass is 16.7. The van der Waals surface area contributed by atoms with Gasteiger partial charge in [-0.05, 0) is 89.9 Å². The molecule has 8 unspecified atom stereocenters. The highest BCUT2D eigenvalue weighted by Gasteiger charge is 2.47. The van der Waals surface area contributed by atoms with Crippen LogP contribution in [-0.4, -0.2) is 99.6 Å². The fraction of sp³-hybridized carbons (Fsp3) is 0.854. The first kappa shape index (κ1) is 88.4. The molecule has 11 heteroatoms. The molecule has 0 aromatic rings. The number of aliphatic hydroxyl groups is 5. The maximum absolute atomic E-state index is 13.5. The van der Waals surface area contributed by atoms with Gasteiger partial charge < -0.3 is 45.1 Å². The normalized spacial score (nSPS) is 18.1. The third-order valence-electron chi connectivity index (χ3n) is 18.9. The molecule has 0 aliphatic carbocycles. The molecule has 8 atom stereocenters. The zero-order valence-electron chi connectivity index (χ0n) is 60.9. The SMILES string of the molecule is CCCCC/C=C\C/C=C\CCCCCCCCCCCCCCCCCCC(O)C(=O)NC(COC1OC(CO)C(O)C(O)C1OC(=O)CCCCCCCCCCCCCCCCC/C=C\C/C=C\CCCCC)C(O)/C=C/CCCCCCCCCCCCC. The van der Waals surface area contributed by atoms with Crippen molar-refractivity contribution >= 4 is 11.9 Å². The summed E-state index contributed by atoms with van der Waals surface area (Å²) >= 11 is 0. The molecular weight excluding hydrogens is 1160 g/mol. The first-order valence-corrected chi connectivity index (χ1v) is 40.1. The van der Waals surface area contributed by atoms with E-state index in [0.29, 0.717) is 19.3 Å². The molecule has 0 aromatic heterocycles. The van der Waals surface area contributed by atoms with Gasteiger partial charge in [0.05, 0.1) is 25.4 Å². The van der Waals surface area contributed by atoms with Gasteiger partial charge in [0.1, 0.15) is 24.4 Å². The van der Waals surface area contributed by atoms with Crippen LogP contribution in [0.15, 0.2) is 60.8 Å². The van der Waals surface area contributed by atoms with Crippen LogP contribution in [0.5, 0.6) is 0 Å². The summed E-state index contributed by atoms with van der Waals surface area (Å²) in [6, 6.07) is -1.02. The number of amides is 1. The van der Waals surface area contributed by atoms with E-state index in [9.17, 15) is 35.1 Å². The third kappa shape index (κ3) is 56.0. The quantitative estimate of drug-likeness (QED) is 0.0195. The number of carbonyl (C=O) groups excluding carboxylic acids is 2. The number of rotatable bonds is 70. The van der Waals surface area contributed by atoms with Crippen molar-refractivity contribution in [2.24, 2.45) is 0 Å². The molecule has 1 fully saturated rings. The first-order chi connectivity index (χ1) is 45.7. The lowest BCUT2D eigenvalue weighted by molar-refractivity contribution is -0.305. The van der Waals surface area contributed by atoms with Crippen LogP contribution in [0.1, 0.15) is 387 Å². The van der Waals surface area contributed by atoms with Gasteiger partial charge in [-0.2, -0.15) is 0 Å². The average molecular weight is 1310 g/mol. The molecule has 1 rings (SSSR count). The fourth-order valence-corrected chi connectivity index (χ4v) is 12.6.